The predicted octanol–water partition coefficient (Wildman–Crippen LogP) is 3.47. The predicted molar refractivity (Wildman–Crippen MR) is 80.6 cm³/mol. The standard InChI is InChI=1S/C16H16ClNO3/c17-13-9-15(18-14-4-2-1-3-12(13)14)16(19)21-10-11-5-7-20-8-6-11/h1-4,9,11H,5-8,10H2. The minimum Gasteiger partial charge on any atom is -0.461 e. The smallest absolute Gasteiger partial charge is 0.357 e. The molecule has 0 amide bonds. The van der Waals surface area contributed by atoms with Gasteiger partial charge < -0.3 is 9.47 Å². The Balaban J connectivity index is 1.72. The summed E-state index contributed by atoms with van der Waals surface area (Å²) in [4.78, 5) is 16.4. The number of hydrogen-bond donors (Lipinski definition) is 0. The zero-order valence-corrected chi connectivity index (χ0v) is 12.3. The lowest BCUT2D eigenvalue weighted by molar-refractivity contribution is 0.0182. The highest BCUT2D eigenvalue weighted by Gasteiger charge is 2.18. The summed E-state index contributed by atoms with van der Waals surface area (Å²) in [6.07, 6.45) is 1.86. The zero-order valence-electron chi connectivity index (χ0n) is 11.5. The van der Waals surface area contributed by atoms with Gasteiger partial charge in [0, 0.05) is 18.6 Å². The average molecular weight is 306 g/mol. The molecule has 1 aromatic carbocycles. The first kappa shape index (κ1) is 14.3. The third kappa shape index (κ3) is 3.34. The highest BCUT2D eigenvalue weighted by molar-refractivity contribution is 6.35. The fourth-order valence-corrected chi connectivity index (χ4v) is 2.68. The van der Waals surface area contributed by atoms with E-state index in [0.717, 1.165) is 31.4 Å². The van der Waals surface area contributed by atoms with Crippen molar-refractivity contribution >= 4 is 28.5 Å². The molecular formula is C16H16ClNO3. The molecule has 0 spiro atoms. The SMILES string of the molecule is O=C(OCC1CCOCC1)c1cc(Cl)c2ccccc2n1. The molecule has 0 bridgehead atoms. The molecule has 21 heavy (non-hydrogen) atoms. The number of halogens is 1. The quantitative estimate of drug-likeness (QED) is 0.815. The number of esters is 1. The molecule has 1 aliphatic rings. The van der Waals surface area contributed by atoms with Gasteiger partial charge in [0.05, 0.1) is 17.1 Å². The van der Waals surface area contributed by atoms with E-state index in [1.165, 1.54) is 0 Å². The van der Waals surface area contributed by atoms with Gasteiger partial charge in [-0.15, -0.1) is 0 Å². The van der Waals surface area contributed by atoms with Gasteiger partial charge in [0.15, 0.2) is 5.69 Å². The summed E-state index contributed by atoms with van der Waals surface area (Å²) in [6.45, 7) is 1.89. The monoisotopic (exact) mass is 305 g/mol. The largest absolute Gasteiger partial charge is 0.461 e. The summed E-state index contributed by atoms with van der Waals surface area (Å²) in [5, 5.41) is 1.35. The van der Waals surface area contributed by atoms with E-state index in [1.807, 2.05) is 24.3 Å². The van der Waals surface area contributed by atoms with Crippen LogP contribution in [0.25, 0.3) is 10.9 Å². The number of benzene rings is 1. The number of para-hydroxylation sites is 1. The first-order chi connectivity index (χ1) is 10.2. The van der Waals surface area contributed by atoms with Crippen molar-refractivity contribution in [3.05, 3.63) is 41.0 Å². The Morgan fingerprint density at radius 2 is 2.10 bits per heavy atom. The second-order valence-corrected chi connectivity index (χ2v) is 5.57. The van der Waals surface area contributed by atoms with Crippen LogP contribution in [0.15, 0.2) is 30.3 Å². The van der Waals surface area contributed by atoms with E-state index < -0.39 is 5.97 Å². The van der Waals surface area contributed by atoms with Crippen molar-refractivity contribution in [2.24, 2.45) is 5.92 Å². The number of hydrogen-bond acceptors (Lipinski definition) is 4. The van der Waals surface area contributed by atoms with Gasteiger partial charge in [-0.2, -0.15) is 0 Å². The number of pyridine rings is 1. The maximum absolute atomic E-state index is 12.1. The van der Waals surface area contributed by atoms with Gasteiger partial charge in [0.1, 0.15) is 0 Å². The Kier molecular flexibility index (Phi) is 4.36. The minimum atomic E-state index is -0.422. The number of carbonyl (C=O) groups excluding carboxylic acids is 1. The number of ether oxygens (including phenoxy) is 2. The van der Waals surface area contributed by atoms with E-state index in [1.54, 1.807) is 6.07 Å². The van der Waals surface area contributed by atoms with Gasteiger partial charge in [-0.3, -0.25) is 0 Å². The Morgan fingerprint density at radius 1 is 1.33 bits per heavy atom. The molecule has 0 atom stereocenters. The van der Waals surface area contributed by atoms with Crippen LogP contribution in [0.3, 0.4) is 0 Å². The second-order valence-electron chi connectivity index (χ2n) is 5.16. The van der Waals surface area contributed by atoms with Crippen molar-refractivity contribution in [3.63, 3.8) is 0 Å². The molecule has 0 saturated carbocycles. The Hall–Kier alpha value is -1.65. The molecule has 2 heterocycles. The lowest BCUT2D eigenvalue weighted by atomic mass is 10.0. The molecular weight excluding hydrogens is 290 g/mol. The van der Waals surface area contributed by atoms with Crippen molar-refractivity contribution in [2.75, 3.05) is 19.8 Å². The van der Waals surface area contributed by atoms with Crippen LogP contribution in [-0.4, -0.2) is 30.8 Å². The van der Waals surface area contributed by atoms with E-state index in [2.05, 4.69) is 4.98 Å². The highest BCUT2D eigenvalue weighted by Crippen LogP contribution is 2.23. The molecule has 3 rings (SSSR count). The van der Waals surface area contributed by atoms with Crippen LogP contribution in [0.2, 0.25) is 5.02 Å². The fourth-order valence-electron chi connectivity index (χ4n) is 2.42. The van der Waals surface area contributed by atoms with Gasteiger partial charge in [-0.25, -0.2) is 9.78 Å². The molecule has 1 saturated heterocycles. The normalized spacial score (nSPS) is 16.0. The van der Waals surface area contributed by atoms with Gasteiger partial charge in [-0.1, -0.05) is 29.8 Å². The van der Waals surface area contributed by atoms with Crippen LogP contribution in [0, 0.1) is 5.92 Å². The molecule has 0 unspecified atom stereocenters. The van der Waals surface area contributed by atoms with Crippen molar-refractivity contribution in [3.8, 4) is 0 Å². The lowest BCUT2D eigenvalue weighted by Gasteiger charge is -2.21. The van der Waals surface area contributed by atoms with Crippen LogP contribution in [0.1, 0.15) is 23.3 Å². The van der Waals surface area contributed by atoms with Crippen LogP contribution >= 0.6 is 11.6 Å². The number of rotatable bonds is 3. The molecule has 0 aliphatic carbocycles. The van der Waals surface area contributed by atoms with Crippen molar-refractivity contribution in [2.45, 2.75) is 12.8 Å². The fraction of sp³-hybridized carbons (Fsp3) is 0.375. The Bertz CT molecular complexity index is 653. The maximum atomic E-state index is 12.1. The summed E-state index contributed by atoms with van der Waals surface area (Å²) >= 11 is 6.19. The number of carbonyl (C=O) groups is 1. The Labute approximate surface area is 128 Å². The first-order valence-corrected chi connectivity index (χ1v) is 7.42. The topological polar surface area (TPSA) is 48.4 Å². The molecule has 0 radical (unpaired) electrons. The van der Waals surface area contributed by atoms with Crippen LogP contribution in [0.5, 0.6) is 0 Å². The van der Waals surface area contributed by atoms with Crippen molar-refractivity contribution in [1.82, 2.24) is 4.98 Å². The first-order valence-electron chi connectivity index (χ1n) is 7.04. The molecule has 5 heteroatoms. The van der Waals surface area contributed by atoms with Crippen molar-refractivity contribution < 1.29 is 14.3 Å². The van der Waals surface area contributed by atoms with Crippen LogP contribution < -0.4 is 0 Å². The van der Waals surface area contributed by atoms with Gasteiger partial charge in [0.2, 0.25) is 0 Å². The number of nitrogens with zero attached hydrogens (tertiary/aromatic N) is 1. The molecule has 1 fully saturated rings. The molecule has 0 N–H and O–H groups in total. The molecule has 1 aliphatic heterocycles. The van der Waals surface area contributed by atoms with Crippen molar-refractivity contribution in [1.29, 1.82) is 0 Å². The van der Waals surface area contributed by atoms with E-state index in [4.69, 9.17) is 21.1 Å². The summed E-state index contributed by atoms with van der Waals surface area (Å²) in [6, 6.07) is 9.02. The average Bonchev–Trinajstić information content (AvgIpc) is 2.53. The summed E-state index contributed by atoms with van der Waals surface area (Å²) in [7, 11) is 0. The molecule has 4 nitrogen and oxygen atoms in total. The van der Waals surface area contributed by atoms with E-state index in [-0.39, 0.29) is 5.69 Å². The van der Waals surface area contributed by atoms with E-state index >= 15 is 0 Å². The zero-order chi connectivity index (χ0) is 14.7. The van der Waals surface area contributed by atoms with E-state index in [9.17, 15) is 4.79 Å². The summed E-state index contributed by atoms with van der Waals surface area (Å²) in [5.41, 5.74) is 0.953. The number of fused-ring (bicyclic) bond motifs is 1. The maximum Gasteiger partial charge on any atom is 0.357 e. The molecule has 2 aromatic rings. The second kappa shape index (κ2) is 6.41. The van der Waals surface area contributed by atoms with Gasteiger partial charge >= 0.3 is 5.97 Å². The van der Waals surface area contributed by atoms with Crippen LogP contribution in [0.4, 0.5) is 0 Å². The summed E-state index contributed by atoms with van der Waals surface area (Å²) < 4.78 is 10.6. The molecule has 1 aromatic heterocycles. The highest BCUT2D eigenvalue weighted by atomic mass is 35.5. The van der Waals surface area contributed by atoms with Gasteiger partial charge in [-0.05, 0) is 30.9 Å². The molecule has 110 valence electrons. The van der Waals surface area contributed by atoms with E-state index in [0.29, 0.717) is 23.1 Å². The third-order valence-electron chi connectivity index (χ3n) is 3.67. The lowest BCUT2D eigenvalue weighted by Crippen LogP contribution is -2.22. The summed E-state index contributed by atoms with van der Waals surface area (Å²) in [5.74, 6) is -0.0484. The Morgan fingerprint density at radius 3 is 2.90 bits per heavy atom. The van der Waals surface area contributed by atoms with Crippen LogP contribution in [-0.2, 0) is 9.47 Å². The minimum absolute atomic E-state index is 0.255. The van der Waals surface area contributed by atoms with Gasteiger partial charge in [0.25, 0.3) is 0 Å². The number of aromatic nitrogens is 1. The third-order valence-corrected chi connectivity index (χ3v) is 3.98.